The molecule has 0 fully saturated rings. The second-order valence-electron chi connectivity index (χ2n) is 3.71. The van der Waals surface area contributed by atoms with Gasteiger partial charge in [0.15, 0.2) is 0 Å². The molecular formula is C14H11N3O. The molecule has 1 heterocycles. The molecule has 2 aromatic rings. The molecule has 1 aromatic carbocycles. The number of amides is 1. The first-order valence-corrected chi connectivity index (χ1v) is 5.48. The third kappa shape index (κ3) is 2.92. The van der Waals surface area contributed by atoms with E-state index in [-0.39, 0.29) is 11.6 Å². The van der Waals surface area contributed by atoms with Gasteiger partial charge in [0.25, 0.3) is 5.91 Å². The molecule has 0 saturated heterocycles. The van der Waals surface area contributed by atoms with E-state index >= 15 is 0 Å². The van der Waals surface area contributed by atoms with Crippen LogP contribution in [0.1, 0.15) is 21.6 Å². The number of benzene rings is 1. The lowest BCUT2D eigenvalue weighted by Gasteiger charge is -2.05. The van der Waals surface area contributed by atoms with Crippen molar-refractivity contribution in [1.29, 1.82) is 5.26 Å². The van der Waals surface area contributed by atoms with Crippen molar-refractivity contribution in [2.75, 3.05) is 0 Å². The normalized spacial score (nSPS) is 9.50. The summed E-state index contributed by atoms with van der Waals surface area (Å²) < 4.78 is 0. The van der Waals surface area contributed by atoms with Crippen LogP contribution in [0.4, 0.5) is 0 Å². The van der Waals surface area contributed by atoms with Gasteiger partial charge in [0.2, 0.25) is 0 Å². The predicted molar refractivity (Wildman–Crippen MR) is 66.6 cm³/mol. The summed E-state index contributed by atoms with van der Waals surface area (Å²) in [5.41, 5.74) is 1.71. The number of nitriles is 1. The van der Waals surface area contributed by atoms with Gasteiger partial charge in [-0.05, 0) is 17.7 Å². The smallest absolute Gasteiger partial charge is 0.251 e. The van der Waals surface area contributed by atoms with Gasteiger partial charge in [0.1, 0.15) is 11.8 Å². The molecule has 0 aliphatic carbocycles. The van der Waals surface area contributed by atoms with E-state index in [4.69, 9.17) is 5.26 Å². The second kappa shape index (κ2) is 5.60. The van der Waals surface area contributed by atoms with Crippen molar-refractivity contribution in [1.82, 2.24) is 10.3 Å². The molecule has 1 amide bonds. The van der Waals surface area contributed by atoms with Gasteiger partial charge >= 0.3 is 0 Å². The van der Waals surface area contributed by atoms with E-state index in [2.05, 4.69) is 10.3 Å². The Balaban J connectivity index is 2.02. The molecule has 0 spiro atoms. The molecule has 0 radical (unpaired) electrons. The van der Waals surface area contributed by atoms with Gasteiger partial charge in [0.05, 0.1) is 0 Å². The van der Waals surface area contributed by atoms with Crippen LogP contribution in [0.3, 0.4) is 0 Å². The van der Waals surface area contributed by atoms with Gasteiger partial charge in [-0.2, -0.15) is 5.26 Å². The average molecular weight is 237 g/mol. The Bertz CT molecular complexity index is 587. The number of pyridine rings is 1. The summed E-state index contributed by atoms with van der Waals surface area (Å²) in [5, 5.41) is 11.5. The molecule has 0 atom stereocenters. The van der Waals surface area contributed by atoms with Crippen LogP contribution in [-0.2, 0) is 6.54 Å². The Morgan fingerprint density at radius 3 is 2.78 bits per heavy atom. The van der Waals surface area contributed by atoms with Crippen LogP contribution in [0.15, 0.2) is 48.7 Å². The molecule has 4 nitrogen and oxygen atoms in total. The van der Waals surface area contributed by atoms with Crippen LogP contribution in [-0.4, -0.2) is 10.9 Å². The van der Waals surface area contributed by atoms with Crippen molar-refractivity contribution in [2.45, 2.75) is 6.54 Å². The Labute approximate surface area is 105 Å². The number of hydrogen-bond acceptors (Lipinski definition) is 3. The second-order valence-corrected chi connectivity index (χ2v) is 3.71. The molecule has 0 aliphatic rings. The van der Waals surface area contributed by atoms with Crippen molar-refractivity contribution < 1.29 is 4.79 Å². The highest BCUT2D eigenvalue weighted by Gasteiger charge is 2.06. The molecule has 4 heteroatoms. The van der Waals surface area contributed by atoms with E-state index in [1.807, 2.05) is 36.4 Å². The number of hydrogen-bond donors (Lipinski definition) is 1. The highest BCUT2D eigenvalue weighted by atomic mass is 16.1. The minimum absolute atomic E-state index is 0.210. The standard InChI is InChI=1S/C14H11N3O/c15-9-13-8-12(6-7-16-13)14(18)17-10-11-4-2-1-3-5-11/h1-8H,10H2,(H,17,18). The fourth-order valence-electron chi connectivity index (χ4n) is 1.51. The van der Waals surface area contributed by atoms with Crippen molar-refractivity contribution >= 4 is 5.91 Å². The topological polar surface area (TPSA) is 65.8 Å². The van der Waals surface area contributed by atoms with Crippen LogP contribution in [0.5, 0.6) is 0 Å². The minimum atomic E-state index is -0.210. The largest absolute Gasteiger partial charge is 0.348 e. The van der Waals surface area contributed by atoms with E-state index in [0.29, 0.717) is 12.1 Å². The summed E-state index contributed by atoms with van der Waals surface area (Å²) in [7, 11) is 0. The summed E-state index contributed by atoms with van der Waals surface area (Å²) in [5.74, 6) is -0.210. The Morgan fingerprint density at radius 2 is 2.06 bits per heavy atom. The zero-order chi connectivity index (χ0) is 12.8. The SMILES string of the molecule is N#Cc1cc(C(=O)NCc2ccccc2)ccn1. The van der Waals surface area contributed by atoms with Gasteiger partial charge in [0, 0.05) is 18.3 Å². The fraction of sp³-hybridized carbons (Fsp3) is 0.0714. The van der Waals surface area contributed by atoms with Crippen molar-refractivity contribution in [3.05, 3.63) is 65.5 Å². The fourth-order valence-corrected chi connectivity index (χ4v) is 1.51. The van der Waals surface area contributed by atoms with E-state index in [0.717, 1.165) is 5.56 Å². The molecule has 0 saturated carbocycles. The van der Waals surface area contributed by atoms with Crippen molar-refractivity contribution in [3.8, 4) is 6.07 Å². The van der Waals surface area contributed by atoms with Crippen molar-refractivity contribution in [3.63, 3.8) is 0 Å². The van der Waals surface area contributed by atoms with Crippen LogP contribution in [0, 0.1) is 11.3 Å². The maximum atomic E-state index is 11.8. The number of nitrogens with one attached hydrogen (secondary N) is 1. The zero-order valence-corrected chi connectivity index (χ0v) is 9.63. The van der Waals surface area contributed by atoms with E-state index in [1.165, 1.54) is 12.3 Å². The highest BCUT2D eigenvalue weighted by molar-refractivity contribution is 5.94. The third-order valence-corrected chi connectivity index (χ3v) is 2.43. The molecule has 1 N–H and O–H groups in total. The van der Waals surface area contributed by atoms with Gasteiger partial charge in [-0.1, -0.05) is 30.3 Å². The summed E-state index contributed by atoms with van der Waals surface area (Å²) in [4.78, 5) is 15.7. The number of rotatable bonds is 3. The lowest BCUT2D eigenvalue weighted by molar-refractivity contribution is 0.0951. The summed E-state index contributed by atoms with van der Waals surface area (Å²) in [6.07, 6.45) is 1.45. The van der Waals surface area contributed by atoms with Gasteiger partial charge in [-0.15, -0.1) is 0 Å². The van der Waals surface area contributed by atoms with Gasteiger partial charge in [-0.25, -0.2) is 4.98 Å². The highest BCUT2D eigenvalue weighted by Crippen LogP contribution is 2.02. The first kappa shape index (κ1) is 11.8. The molecule has 0 unspecified atom stereocenters. The zero-order valence-electron chi connectivity index (χ0n) is 9.63. The number of carbonyl (C=O) groups is 1. The minimum Gasteiger partial charge on any atom is -0.348 e. The van der Waals surface area contributed by atoms with Crippen LogP contribution in [0.25, 0.3) is 0 Å². The van der Waals surface area contributed by atoms with E-state index in [9.17, 15) is 4.79 Å². The quantitative estimate of drug-likeness (QED) is 0.886. The van der Waals surface area contributed by atoms with Gasteiger partial charge in [-0.3, -0.25) is 4.79 Å². The number of aromatic nitrogens is 1. The van der Waals surface area contributed by atoms with Crippen molar-refractivity contribution in [2.24, 2.45) is 0 Å². The van der Waals surface area contributed by atoms with Gasteiger partial charge < -0.3 is 5.32 Å². The maximum absolute atomic E-state index is 11.8. The number of nitrogens with zero attached hydrogens (tertiary/aromatic N) is 2. The third-order valence-electron chi connectivity index (χ3n) is 2.43. The van der Waals surface area contributed by atoms with Crippen LogP contribution >= 0.6 is 0 Å². The Morgan fingerprint density at radius 1 is 1.28 bits per heavy atom. The molecule has 0 aliphatic heterocycles. The summed E-state index contributed by atoms with van der Waals surface area (Å²) in [6.45, 7) is 0.462. The molecule has 88 valence electrons. The Kier molecular flexibility index (Phi) is 3.67. The summed E-state index contributed by atoms with van der Waals surface area (Å²) >= 11 is 0. The molecule has 18 heavy (non-hydrogen) atoms. The molecule has 0 bridgehead atoms. The van der Waals surface area contributed by atoms with E-state index < -0.39 is 0 Å². The lowest BCUT2D eigenvalue weighted by atomic mass is 10.2. The first-order valence-electron chi connectivity index (χ1n) is 5.48. The monoisotopic (exact) mass is 237 g/mol. The van der Waals surface area contributed by atoms with Crippen LogP contribution in [0.2, 0.25) is 0 Å². The Hall–Kier alpha value is -2.67. The summed E-state index contributed by atoms with van der Waals surface area (Å²) in [6, 6.07) is 14.6. The number of carbonyl (C=O) groups excluding carboxylic acids is 1. The average Bonchev–Trinajstić information content (AvgIpc) is 2.46. The maximum Gasteiger partial charge on any atom is 0.251 e. The van der Waals surface area contributed by atoms with E-state index in [1.54, 1.807) is 6.07 Å². The molecule has 1 aromatic heterocycles. The molecular weight excluding hydrogens is 226 g/mol. The van der Waals surface area contributed by atoms with Crippen LogP contribution < -0.4 is 5.32 Å². The molecule has 2 rings (SSSR count). The first-order chi connectivity index (χ1) is 8.79. The lowest BCUT2D eigenvalue weighted by Crippen LogP contribution is -2.22. The predicted octanol–water partition coefficient (Wildman–Crippen LogP) is 1.88.